The average molecular weight is 257 g/mol. The van der Waals surface area contributed by atoms with Crippen LogP contribution in [0, 0.1) is 11.8 Å². The van der Waals surface area contributed by atoms with E-state index in [1.54, 1.807) is 0 Å². The van der Waals surface area contributed by atoms with E-state index in [2.05, 4.69) is 31.2 Å². The molecule has 1 aromatic rings. The molecule has 0 aliphatic heterocycles. The maximum Gasteiger partial charge on any atom is 0.0412 e. The minimum atomic E-state index is -0.0464. The lowest BCUT2D eigenvalue weighted by molar-refractivity contribution is 0.206. The molecule has 2 saturated carbocycles. The molecule has 1 heteroatoms. The van der Waals surface area contributed by atoms with Gasteiger partial charge in [-0.05, 0) is 55.1 Å². The molecule has 3 rings (SSSR count). The first-order valence-electron chi connectivity index (χ1n) is 8.09. The smallest absolute Gasteiger partial charge is 0.0412 e. The number of hydrogen-bond donors (Lipinski definition) is 1. The second kappa shape index (κ2) is 5.28. The zero-order valence-corrected chi connectivity index (χ0v) is 12.2. The van der Waals surface area contributed by atoms with Gasteiger partial charge < -0.3 is 5.73 Å². The third-order valence-corrected chi connectivity index (χ3v) is 5.15. The molecular formula is C18H27N. The lowest BCUT2D eigenvalue weighted by atomic mass is 9.71. The van der Waals surface area contributed by atoms with Crippen molar-refractivity contribution in [3.8, 4) is 0 Å². The van der Waals surface area contributed by atoms with Gasteiger partial charge >= 0.3 is 0 Å². The lowest BCUT2D eigenvalue weighted by Gasteiger charge is -2.39. The van der Waals surface area contributed by atoms with Crippen LogP contribution in [0.3, 0.4) is 0 Å². The van der Waals surface area contributed by atoms with Gasteiger partial charge in [0.05, 0.1) is 0 Å². The molecule has 2 N–H and O–H groups in total. The van der Waals surface area contributed by atoms with Gasteiger partial charge in [-0.3, -0.25) is 0 Å². The van der Waals surface area contributed by atoms with Gasteiger partial charge in [-0.25, -0.2) is 0 Å². The maximum absolute atomic E-state index is 6.80. The molecule has 0 heterocycles. The number of hydrogen-bond acceptors (Lipinski definition) is 1. The summed E-state index contributed by atoms with van der Waals surface area (Å²) in [6, 6.07) is 9.08. The van der Waals surface area contributed by atoms with Gasteiger partial charge in [-0.2, -0.15) is 0 Å². The fourth-order valence-electron chi connectivity index (χ4n) is 3.91. The standard InChI is InChI=1S/C18H27N/c1-2-5-14-6-3-8-17(12-14)18(19)11-4-7-16(13-18)15-9-10-15/h3,6,8,12,15-16H,2,4-5,7,9-11,13,19H2,1H3. The van der Waals surface area contributed by atoms with Crippen LogP contribution < -0.4 is 5.73 Å². The highest BCUT2D eigenvalue weighted by atomic mass is 14.8. The highest BCUT2D eigenvalue weighted by Crippen LogP contribution is 2.48. The molecule has 0 spiro atoms. The maximum atomic E-state index is 6.80. The van der Waals surface area contributed by atoms with Gasteiger partial charge in [0.25, 0.3) is 0 Å². The Kier molecular flexibility index (Phi) is 3.66. The fourth-order valence-corrected chi connectivity index (χ4v) is 3.91. The summed E-state index contributed by atoms with van der Waals surface area (Å²) in [5.41, 5.74) is 9.60. The normalized spacial score (nSPS) is 31.4. The van der Waals surface area contributed by atoms with E-state index < -0.39 is 0 Å². The largest absolute Gasteiger partial charge is 0.321 e. The molecule has 0 saturated heterocycles. The molecule has 1 aromatic carbocycles. The molecule has 0 radical (unpaired) electrons. The van der Waals surface area contributed by atoms with Crippen LogP contribution in [0.1, 0.15) is 63.0 Å². The van der Waals surface area contributed by atoms with Crippen molar-refractivity contribution in [2.75, 3.05) is 0 Å². The molecule has 2 unspecified atom stereocenters. The minimum Gasteiger partial charge on any atom is -0.321 e. The van der Waals surface area contributed by atoms with Crippen LogP contribution in [0.2, 0.25) is 0 Å². The first kappa shape index (κ1) is 13.2. The quantitative estimate of drug-likeness (QED) is 0.850. The van der Waals surface area contributed by atoms with Gasteiger partial charge in [-0.1, -0.05) is 50.5 Å². The summed E-state index contributed by atoms with van der Waals surface area (Å²) in [6.07, 6.45) is 10.4. The molecule has 2 atom stereocenters. The van der Waals surface area contributed by atoms with E-state index >= 15 is 0 Å². The van der Waals surface area contributed by atoms with Crippen molar-refractivity contribution in [2.45, 2.75) is 63.8 Å². The van der Waals surface area contributed by atoms with Crippen LogP contribution in [0.4, 0.5) is 0 Å². The number of nitrogens with two attached hydrogens (primary N) is 1. The number of rotatable bonds is 4. The van der Waals surface area contributed by atoms with E-state index in [-0.39, 0.29) is 5.54 Å². The van der Waals surface area contributed by atoms with Crippen molar-refractivity contribution in [1.29, 1.82) is 0 Å². The summed E-state index contributed by atoms with van der Waals surface area (Å²) in [4.78, 5) is 0. The predicted molar refractivity (Wildman–Crippen MR) is 81.0 cm³/mol. The third kappa shape index (κ3) is 2.86. The van der Waals surface area contributed by atoms with Crippen LogP contribution in [-0.2, 0) is 12.0 Å². The van der Waals surface area contributed by atoms with E-state index in [1.807, 2.05) is 0 Å². The van der Waals surface area contributed by atoms with Crippen molar-refractivity contribution in [2.24, 2.45) is 17.6 Å². The Morgan fingerprint density at radius 3 is 2.79 bits per heavy atom. The first-order chi connectivity index (χ1) is 9.21. The second-order valence-corrected chi connectivity index (χ2v) is 6.80. The van der Waals surface area contributed by atoms with E-state index in [1.165, 1.54) is 62.5 Å². The van der Waals surface area contributed by atoms with Crippen LogP contribution in [-0.4, -0.2) is 0 Å². The van der Waals surface area contributed by atoms with Crippen molar-refractivity contribution < 1.29 is 0 Å². The third-order valence-electron chi connectivity index (χ3n) is 5.15. The molecule has 0 amide bonds. The summed E-state index contributed by atoms with van der Waals surface area (Å²) in [5, 5.41) is 0. The van der Waals surface area contributed by atoms with Gasteiger partial charge in [-0.15, -0.1) is 0 Å². The minimum absolute atomic E-state index is 0.0464. The van der Waals surface area contributed by atoms with Gasteiger partial charge in [0, 0.05) is 5.54 Å². The SMILES string of the molecule is CCCc1cccc(C2(N)CCCC(C3CC3)C2)c1. The van der Waals surface area contributed by atoms with Crippen LogP contribution in [0.25, 0.3) is 0 Å². The Labute approximate surface area is 117 Å². The Morgan fingerprint density at radius 2 is 2.05 bits per heavy atom. The van der Waals surface area contributed by atoms with Gasteiger partial charge in [0.1, 0.15) is 0 Å². The summed E-state index contributed by atoms with van der Waals surface area (Å²) < 4.78 is 0. The predicted octanol–water partition coefficient (Wildman–Crippen LogP) is 4.39. The van der Waals surface area contributed by atoms with Gasteiger partial charge in [0.2, 0.25) is 0 Å². The Morgan fingerprint density at radius 1 is 1.21 bits per heavy atom. The van der Waals surface area contributed by atoms with E-state index in [4.69, 9.17) is 5.73 Å². The Bertz CT molecular complexity index is 435. The van der Waals surface area contributed by atoms with Crippen molar-refractivity contribution in [3.63, 3.8) is 0 Å². The average Bonchev–Trinajstić information content (AvgIpc) is 3.24. The molecular weight excluding hydrogens is 230 g/mol. The van der Waals surface area contributed by atoms with Crippen LogP contribution in [0.5, 0.6) is 0 Å². The molecule has 19 heavy (non-hydrogen) atoms. The molecule has 1 nitrogen and oxygen atoms in total. The monoisotopic (exact) mass is 257 g/mol. The summed E-state index contributed by atoms with van der Waals surface area (Å²) in [6.45, 7) is 2.24. The summed E-state index contributed by atoms with van der Waals surface area (Å²) in [7, 11) is 0. The topological polar surface area (TPSA) is 26.0 Å². The first-order valence-corrected chi connectivity index (χ1v) is 8.09. The zero-order valence-electron chi connectivity index (χ0n) is 12.2. The summed E-state index contributed by atoms with van der Waals surface area (Å²) >= 11 is 0. The lowest BCUT2D eigenvalue weighted by Crippen LogP contribution is -2.42. The number of aryl methyl sites for hydroxylation is 1. The molecule has 2 fully saturated rings. The van der Waals surface area contributed by atoms with E-state index in [0.717, 1.165) is 11.8 Å². The number of benzene rings is 1. The summed E-state index contributed by atoms with van der Waals surface area (Å²) in [5.74, 6) is 1.90. The van der Waals surface area contributed by atoms with Crippen LogP contribution >= 0.6 is 0 Å². The van der Waals surface area contributed by atoms with Crippen molar-refractivity contribution in [1.82, 2.24) is 0 Å². The fraction of sp³-hybridized carbons (Fsp3) is 0.667. The van der Waals surface area contributed by atoms with Gasteiger partial charge in [0.15, 0.2) is 0 Å². The second-order valence-electron chi connectivity index (χ2n) is 6.80. The zero-order chi connectivity index (χ0) is 13.3. The highest BCUT2D eigenvalue weighted by molar-refractivity contribution is 5.30. The molecule has 0 aromatic heterocycles. The highest BCUT2D eigenvalue weighted by Gasteiger charge is 2.40. The van der Waals surface area contributed by atoms with E-state index in [0.29, 0.717) is 0 Å². The van der Waals surface area contributed by atoms with E-state index in [9.17, 15) is 0 Å². The molecule has 2 aliphatic rings. The Hall–Kier alpha value is -0.820. The Balaban J connectivity index is 1.80. The molecule has 104 valence electrons. The van der Waals surface area contributed by atoms with Crippen LogP contribution in [0.15, 0.2) is 24.3 Å². The molecule has 2 aliphatic carbocycles. The molecule has 0 bridgehead atoms. The van der Waals surface area contributed by atoms with Crippen molar-refractivity contribution in [3.05, 3.63) is 35.4 Å². The van der Waals surface area contributed by atoms with Crippen molar-refractivity contribution >= 4 is 0 Å².